The summed E-state index contributed by atoms with van der Waals surface area (Å²) in [6, 6.07) is 13.1. The highest BCUT2D eigenvalue weighted by molar-refractivity contribution is 7.91. The molecule has 3 aromatic rings. The monoisotopic (exact) mass is 582 g/mol. The van der Waals surface area contributed by atoms with Crippen molar-refractivity contribution in [2.75, 3.05) is 13.1 Å². The van der Waals surface area contributed by atoms with E-state index in [0.717, 1.165) is 26.8 Å². The van der Waals surface area contributed by atoms with Crippen LogP contribution < -0.4 is 5.32 Å². The second-order valence-corrected chi connectivity index (χ2v) is 13.1. The number of nitriles is 1. The van der Waals surface area contributed by atoms with Gasteiger partial charge in [0.15, 0.2) is 0 Å². The Hall–Kier alpha value is -2.46. The molecule has 2 amide bonds. The van der Waals surface area contributed by atoms with E-state index in [1.807, 2.05) is 30.3 Å². The van der Waals surface area contributed by atoms with Gasteiger partial charge in [-0.15, -0.1) is 22.7 Å². The first-order valence-electron chi connectivity index (χ1n) is 10.7. The third-order valence-corrected chi connectivity index (χ3v) is 10.6. The van der Waals surface area contributed by atoms with Crippen molar-refractivity contribution in [3.63, 3.8) is 0 Å². The molecule has 0 unspecified atom stereocenters. The number of nitrogens with zero attached hydrogens (tertiary/aromatic N) is 3. The summed E-state index contributed by atoms with van der Waals surface area (Å²) in [5.74, 6) is -0.952. The first kappa shape index (κ1) is 26.6. The lowest BCUT2D eigenvalue weighted by molar-refractivity contribution is -0.131. The molecular formula is C23H20Cl2N4O4S3. The molecule has 4 rings (SSSR count). The molecule has 0 saturated carbocycles. The van der Waals surface area contributed by atoms with E-state index in [4.69, 9.17) is 28.5 Å². The molecule has 1 aromatic carbocycles. The fraction of sp³-hybridized carbons (Fsp3) is 0.261. The SMILES string of the molecule is N#Cc1cc(CN2CC[C@H](N(CC(=O)NCc3ccccc3)S(=O)(=O)c3cc(Cl)c(Cl)s3)C2=O)cs1. The summed E-state index contributed by atoms with van der Waals surface area (Å²) in [5, 5.41) is 13.6. The summed E-state index contributed by atoms with van der Waals surface area (Å²) in [4.78, 5) is 28.2. The molecule has 0 radical (unpaired) electrons. The number of benzene rings is 1. The van der Waals surface area contributed by atoms with Gasteiger partial charge >= 0.3 is 0 Å². The van der Waals surface area contributed by atoms with Gasteiger partial charge in [0.05, 0.1) is 11.6 Å². The molecule has 1 N–H and O–H groups in total. The maximum Gasteiger partial charge on any atom is 0.253 e. The summed E-state index contributed by atoms with van der Waals surface area (Å²) in [7, 11) is -4.26. The van der Waals surface area contributed by atoms with E-state index in [1.165, 1.54) is 22.3 Å². The Balaban J connectivity index is 1.56. The zero-order chi connectivity index (χ0) is 25.9. The zero-order valence-corrected chi connectivity index (χ0v) is 22.6. The highest BCUT2D eigenvalue weighted by atomic mass is 35.5. The molecule has 1 fully saturated rings. The van der Waals surface area contributed by atoms with Gasteiger partial charge in [-0.3, -0.25) is 9.59 Å². The minimum Gasteiger partial charge on any atom is -0.351 e. The Morgan fingerprint density at radius 2 is 1.97 bits per heavy atom. The van der Waals surface area contributed by atoms with Gasteiger partial charge in [-0.1, -0.05) is 53.5 Å². The molecule has 0 aliphatic carbocycles. The van der Waals surface area contributed by atoms with Crippen LogP contribution in [0.4, 0.5) is 0 Å². The van der Waals surface area contributed by atoms with E-state index in [1.54, 1.807) is 11.4 Å². The number of carbonyl (C=O) groups excluding carboxylic acids is 2. The smallest absolute Gasteiger partial charge is 0.253 e. The lowest BCUT2D eigenvalue weighted by Crippen LogP contribution is -2.49. The second kappa shape index (κ2) is 11.3. The van der Waals surface area contributed by atoms with Crippen LogP contribution in [0.1, 0.15) is 22.4 Å². The fourth-order valence-electron chi connectivity index (χ4n) is 3.81. The largest absolute Gasteiger partial charge is 0.351 e. The molecule has 36 heavy (non-hydrogen) atoms. The standard InChI is InChI=1S/C23H20Cl2N4O4S3/c24-18-9-21(35-22(18)25)36(32,33)29(13-20(30)27-11-15-4-2-1-3-5-15)19-6-7-28(23(19)31)12-16-8-17(10-26)34-14-16/h1-5,8-9,14,19H,6-7,11-13H2,(H,27,30)/t19-/m0/s1. The molecule has 0 spiro atoms. The number of likely N-dealkylation sites (tertiary alicyclic amines) is 1. The number of carbonyl (C=O) groups is 2. The molecule has 3 heterocycles. The molecule has 13 heteroatoms. The molecule has 8 nitrogen and oxygen atoms in total. The van der Waals surface area contributed by atoms with Crippen LogP contribution in [0, 0.1) is 11.3 Å². The van der Waals surface area contributed by atoms with Crippen LogP contribution in [0.25, 0.3) is 0 Å². The number of nitrogens with one attached hydrogen (secondary N) is 1. The van der Waals surface area contributed by atoms with Gasteiger partial charge in [-0.2, -0.15) is 9.57 Å². The van der Waals surface area contributed by atoms with Crippen LogP contribution in [0.2, 0.25) is 9.36 Å². The van der Waals surface area contributed by atoms with E-state index in [0.29, 0.717) is 11.4 Å². The third-order valence-electron chi connectivity index (χ3n) is 5.57. The summed E-state index contributed by atoms with van der Waals surface area (Å²) < 4.78 is 28.1. The molecule has 0 bridgehead atoms. The molecule has 1 aliphatic heterocycles. The van der Waals surface area contributed by atoms with Crippen molar-refractivity contribution >= 4 is 67.7 Å². The molecule has 1 aliphatic rings. The predicted octanol–water partition coefficient (Wildman–Crippen LogP) is 4.10. The van der Waals surface area contributed by atoms with Gasteiger partial charge in [0, 0.05) is 19.6 Å². The number of sulfonamides is 1. The Morgan fingerprint density at radius 1 is 1.22 bits per heavy atom. The topological polar surface area (TPSA) is 111 Å². The third kappa shape index (κ3) is 5.91. The minimum atomic E-state index is -4.26. The zero-order valence-electron chi connectivity index (χ0n) is 18.7. The van der Waals surface area contributed by atoms with Crippen LogP contribution in [-0.2, 0) is 32.7 Å². The number of thiophene rings is 2. The summed E-state index contributed by atoms with van der Waals surface area (Å²) in [6.45, 7) is 0.237. The van der Waals surface area contributed by atoms with Gasteiger partial charge in [0.1, 0.15) is 25.5 Å². The van der Waals surface area contributed by atoms with Crippen molar-refractivity contribution in [1.29, 1.82) is 5.26 Å². The number of amides is 2. The number of rotatable bonds is 9. The molecular weight excluding hydrogens is 563 g/mol. The highest BCUT2D eigenvalue weighted by Gasteiger charge is 2.43. The van der Waals surface area contributed by atoms with Gasteiger partial charge in [-0.05, 0) is 35.1 Å². The van der Waals surface area contributed by atoms with E-state index >= 15 is 0 Å². The summed E-state index contributed by atoms with van der Waals surface area (Å²) in [5.41, 5.74) is 1.64. The van der Waals surface area contributed by atoms with Gasteiger partial charge in [0.2, 0.25) is 11.8 Å². The Labute approximate surface area is 226 Å². The van der Waals surface area contributed by atoms with Crippen LogP contribution in [0.3, 0.4) is 0 Å². The van der Waals surface area contributed by atoms with Crippen LogP contribution >= 0.6 is 45.9 Å². The lowest BCUT2D eigenvalue weighted by atomic mass is 10.2. The Kier molecular flexibility index (Phi) is 8.34. The van der Waals surface area contributed by atoms with E-state index in [2.05, 4.69) is 11.4 Å². The van der Waals surface area contributed by atoms with Crippen molar-refractivity contribution in [2.45, 2.75) is 29.8 Å². The second-order valence-electron chi connectivity index (χ2n) is 7.99. The fourth-order valence-corrected chi connectivity index (χ4v) is 8.08. The predicted molar refractivity (Wildman–Crippen MR) is 139 cm³/mol. The molecule has 2 aromatic heterocycles. The minimum absolute atomic E-state index is 0.0823. The Morgan fingerprint density at radius 3 is 2.61 bits per heavy atom. The van der Waals surface area contributed by atoms with Crippen molar-refractivity contribution in [3.8, 4) is 6.07 Å². The van der Waals surface area contributed by atoms with Crippen molar-refractivity contribution < 1.29 is 18.0 Å². The summed E-state index contributed by atoms with van der Waals surface area (Å²) >= 11 is 14.1. The van der Waals surface area contributed by atoms with Crippen molar-refractivity contribution in [1.82, 2.24) is 14.5 Å². The average Bonchev–Trinajstić information content (AvgIpc) is 3.57. The van der Waals surface area contributed by atoms with E-state index in [9.17, 15) is 18.0 Å². The van der Waals surface area contributed by atoms with Crippen LogP contribution in [0.15, 0.2) is 52.1 Å². The van der Waals surface area contributed by atoms with Crippen molar-refractivity contribution in [3.05, 3.63) is 73.2 Å². The maximum atomic E-state index is 13.6. The van der Waals surface area contributed by atoms with E-state index < -0.39 is 34.4 Å². The molecule has 1 saturated heterocycles. The number of halogens is 2. The maximum absolute atomic E-state index is 13.6. The number of hydrogen-bond acceptors (Lipinski definition) is 7. The number of hydrogen-bond donors (Lipinski definition) is 1. The van der Waals surface area contributed by atoms with E-state index in [-0.39, 0.29) is 33.1 Å². The average molecular weight is 584 g/mol. The first-order chi connectivity index (χ1) is 17.2. The van der Waals surface area contributed by atoms with Crippen molar-refractivity contribution in [2.24, 2.45) is 0 Å². The summed E-state index contributed by atoms with van der Waals surface area (Å²) in [6.07, 6.45) is 0.214. The molecule has 1 atom stereocenters. The Bertz CT molecular complexity index is 1400. The van der Waals surface area contributed by atoms with Gasteiger partial charge in [0.25, 0.3) is 10.0 Å². The lowest BCUT2D eigenvalue weighted by Gasteiger charge is -2.26. The normalized spacial score (nSPS) is 15.9. The first-order valence-corrected chi connectivity index (χ1v) is 14.6. The highest BCUT2D eigenvalue weighted by Crippen LogP contribution is 2.37. The quantitative estimate of drug-likeness (QED) is 0.408. The van der Waals surface area contributed by atoms with Gasteiger partial charge in [-0.25, -0.2) is 8.42 Å². The van der Waals surface area contributed by atoms with Crippen LogP contribution in [0.5, 0.6) is 0 Å². The van der Waals surface area contributed by atoms with Crippen LogP contribution in [-0.4, -0.2) is 48.6 Å². The molecule has 188 valence electrons. The van der Waals surface area contributed by atoms with Gasteiger partial charge < -0.3 is 10.2 Å².